The van der Waals surface area contributed by atoms with Crippen LogP contribution < -0.4 is 11.2 Å². The highest BCUT2D eigenvalue weighted by molar-refractivity contribution is 6.04. The van der Waals surface area contributed by atoms with Crippen molar-refractivity contribution in [1.29, 1.82) is 0 Å². The average molecular weight is 298 g/mol. The molecule has 1 aliphatic heterocycles. The van der Waals surface area contributed by atoms with Gasteiger partial charge in [0.15, 0.2) is 0 Å². The second kappa shape index (κ2) is 5.14. The summed E-state index contributed by atoms with van der Waals surface area (Å²) in [5.41, 5.74) is 1.36. The predicted molar refractivity (Wildman–Crippen MR) is 86.4 cm³/mol. The van der Waals surface area contributed by atoms with Crippen LogP contribution in [0.5, 0.6) is 0 Å². The van der Waals surface area contributed by atoms with E-state index in [1.807, 2.05) is 24.3 Å². The number of hydrogen-bond acceptors (Lipinski definition) is 3. The molecule has 4 rings (SSSR count). The number of aromatic amines is 2. The van der Waals surface area contributed by atoms with Gasteiger partial charge < -0.3 is 14.9 Å². The Labute approximate surface area is 126 Å². The van der Waals surface area contributed by atoms with Crippen LogP contribution in [0.15, 0.2) is 33.9 Å². The third-order valence-corrected chi connectivity index (χ3v) is 4.48. The molecule has 3 aromatic rings. The van der Waals surface area contributed by atoms with Crippen molar-refractivity contribution in [3.05, 3.63) is 45.1 Å². The summed E-state index contributed by atoms with van der Waals surface area (Å²) in [4.78, 5) is 33.2. The van der Waals surface area contributed by atoms with E-state index >= 15 is 0 Å². The van der Waals surface area contributed by atoms with Gasteiger partial charge in [0.2, 0.25) is 0 Å². The molecule has 0 unspecified atom stereocenters. The van der Waals surface area contributed by atoms with Crippen molar-refractivity contribution in [2.24, 2.45) is 0 Å². The number of fused-ring (bicyclic) bond motifs is 3. The lowest BCUT2D eigenvalue weighted by Gasteiger charge is -2.14. The smallest absolute Gasteiger partial charge is 0.328 e. The molecule has 114 valence electrons. The van der Waals surface area contributed by atoms with E-state index < -0.39 is 0 Å². The van der Waals surface area contributed by atoms with E-state index in [4.69, 9.17) is 0 Å². The first-order valence-electron chi connectivity index (χ1n) is 7.70. The van der Waals surface area contributed by atoms with Crippen LogP contribution in [-0.2, 0) is 6.54 Å². The molecule has 3 heterocycles. The van der Waals surface area contributed by atoms with Crippen molar-refractivity contribution in [3.63, 3.8) is 0 Å². The number of nitrogens with zero attached hydrogens (tertiary/aromatic N) is 2. The highest BCUT2D eigenvalue weighted by atomic mass is 16.2. The SMILES string of the molecule is O=c1[nH]c2c([nH]c3ccccc32)c(=O)n1CCN1CCCC1. The molecule has 0 spiro atoms. The summed E-state index contributed by atoms with van der Waals surface area (Å²) < 4.78 is 1.30. The number of para-hydroxylation sites is 1. The van der Waals surface area contributed by atoms with E-state index in [2.05, 4.69) is 14.9 Å². The molecule has 2 aromatic heterocycles. The lowest BCUT2D eigenvalue weighted by Crippen LogP contribution is -2.38. The molecule has 2 N–H and O–H groups in total. The molecule has 1 aliphatic rings. The third-order valence-electron chi connectivity index (χ3n) is 4.48. The number of hydrogen-bond donors (Lipinski definition) is 2. The Bertz CT molecular complexity index is 944. The molecule has 0 bridgehead atoms. The largest absolute Gasteiger partial charge is 0.349 e. The average Bonchev–Trinajstić information content (AvgIpc) is 3.15. The Morgan fingerprint density at radius 3 is 2.55 bits per heavy atom. The summed E-state index contributed by atoms with van der Waals surface area (Å²) in [6, 6.07) is 7.61. The van der Waals surface area contributed by atoms with Gasteiger partial charge in [-0.1, -0.05) is 18.2 Å². The number of benzene rings is 1. The van der Waals surface area contributed by atoms with E-state index in [1.165, 1.54) is 17.4 Å². The normalized spacial score (nSPS) is 16.0. The molecule has 0 saturated carbocycles. The minimum atomic E-state index is -0.332. The molecule has 6 heteroatoms. The number of rotatable bonds is 3. The number of likely N-dealkylation sites (tertiary alicyclic amines) is 1. The monoisotopic (exact) mass is 298 g/mol. The first-order chi connectivity index (χ1) is 10.7. The van der Waals surface area contributed by atoms with Gasteiger partial charge in [0.25, 0.3) is 5.56 Å². The summed E-state index contributed by atoms with van der Waals surface area (Å²) in [6.45, 7) is 3.29. The van der Waals surface area contributed by atoms with Crippen molar-refractivity contribution < 1.29 is 0 Å². The minimum Gasteiger partial charge on any atom is -0.349 e. The Balaban J connectivity index is 1.80. The maximum Gasteiger partial charge on any atom is 0.328 e. The number of H-pyrrole nitrogens is 2. The first kappa shape index (κ1) is 13.3. The number of nitrogens with one attached hydrogen (secondary N) is 2. The van der Waals surface area contributed by atoms with Gasteiger partial charge in [-0.3, -0.25) is 9.36 Å². The Kier molecular flexibility index (Phi) is 3.11. The molecule has 1 fully saturated rings. The van der Waals surface area contributed by atoms with Gasteiger partial charge in [-0.2, -0.15) is 0 Å². The van der Waals surface area contributed by atoms with Gasteiger partial charge in [-0.05, 0) is 32.0 Å². The molecular weight excluding hydrogens is 280 g/mol. The maximum atomic E-state index is 12.6. The fourth-order valence-corrected chi connectivity index (χ4v) is 3.28. The zero-order valence-corrected chi connectivity index (χ0v) is 12.3. The van der Waals surface area contributed by atoms with Gasteiger partial charge in [-0.15, -0.1) is 0 Å². The molecular formula is C16H18N4O2. The van der Waals surface area contributed by atoms with Gasteiger partial charge >= 0.3 is 5.69 Å². The zero-order chi connectivity index (χ0) is 15.1. The van der Waals surface area contributed by atoms with Crippen LogP contribution in [-0.4, -0.2) is 39.1 Å². The van der Waals surface area contributed by atoms with Gasteiger partial charge in [0.05, 0.1) is 5.52 Å². The lowest BCUT2D eigenvalue weighted by molar-refractivity contribution is 0.318. The first-order valence-corrected chi connectivity index (χ1v) is 7.70. The molecule has 0 radical (unpaired) electrons. The molecule has 0 aliphatic carbocycles. The summed E-state index contributed by atoms with van der Waals surface area (Å²) in [6.07, 6.45) is 2.40. The van der Waals surface area contributed by atoms with Crippen molar-refractivity contribution in [3.8, 4) is 0 Å². The van der Waals surface area contributed by atoms with E-state index in [0.717, 1.165) is 30.5 Å². The summed E-state index contributed by atoms with van der Waals surface area (Å²) in [5, 5.41) is 0.874. The maximum absolute atomic E-state index is 12.6. The van der Waals surface area contributed by atoms with Crippen molar-refractivity contribution in [2.75, 3.05) is 19.6 Å². The summed E-state index contributed by atoms with van der Waals surface area (Å²) in [7, 11) is 0. The quantitative estimate of drug-likeness (QED) is 0.764. The van der Waals surface area contributed by atoms with Crippen LogP contribution in [0.4, 0.5) is 0 Å². The predicted octanol–water partition coefficient (Wildman–Crippen LogP) is 1.27. The third kappa shape index (κ3) is 2.07. The molecule has 22 heavy (non-hydrogen) atoms. The van der Waals surface area contributed by atoms with E-state index in [1.54, 1.807) is 0 Å². The van der Waals surface area contributed by atoms with Crippen LogP contribution in [0, 0.1) is 0 Å². The molecule has 1 aromatic carbocycles. The van der Waals surface area contributed by atoms with Crippen LogP contribution in [0.1, 0.15) is 12.8 Å². The standard InChI is InChI=1S/C16H18N4O2/c21-15-14-13(11-5-1-2-6-12(11)17-14)18-16(22)20(15)10-9-19-7-3-4-8-19/h1-2,5-6,17H,3-4,7-10H2,(H,18,22). The van der Waals surface area contributed by atoms with Gasteiger partial charge in [0, 0.05) is 24.0 Å². The van der Waals surface area contributed by atoms with E-state index in [-0.39, 0.29) is 11.2 Å². The topological polar surface area (TPSA) is 73.9 Å². The summed E-state index contributed by atoms with van der Waals surface area (Å²) in [5.74, 6) is 0. The molecule has 0 atom stereocenters. The van der Waals surface area contributed by atoms with E-state index in [9.17, 15) is 9.59 Å². The summed E-state index contributed by atoms with van der Waals surface area (Å²) >= 11 is 0. The molecule has 0 amide bonds. The second-order valence-corrected chi connectivity index (χ2v) is 5.86. The van der Waals surface area contributed by atoms with Crippen molar-refractivity contribution in [1.82, 2.24) is 19.4 Å². The van der Waals surface area contributed by atoms with Crippen molar-refractivity contribution in [2.45, 2.75) is 19.4 Å². The fourth-order valence-electron chi connectivity index (χ4n) is 3.28. The van der Waals surface area contributed by atoms with Gasteiger partial charge in [-0.25, -0.2) is 4.79 Å². The van der Waals surface area contributed by atoms with Crippen LogP contribution in [0.3, 0.4) is 0 Å². The van der Waals surface area contributed by atoms with E-state index in [0.29, 0.717) is 17.6 Å². The van der Waals surface area contributed by atoms with Crippen molar-refractivity contribution >= 4 is 21.9 Å². The second-order valence-electron chi connectivity index (χ2n) is 5.86. The minimum absolute atomic E-state index is 0.242. The number of aromatic nitrogens is 3. The Morgan fingerprint density at radius 1 is 0.955 bits per heavy atom. The molecule has 1 saturated heterocycles. The Hall–Kier alpha value is -2.34. The fraction of sp³-hybridized carbons (Fsp3) is 0.375. The molecule has 6 nitrogen and oxygen atoms in total. The highest BCUT2D eigenvalue weighted by Crippen LogP contribution is 2.19. The Morgan fingerprint density at radius 2 is 1.73 bits per heavy atom. The highest BCUT2D eigenvalue weighted by Gasteiger charge is 2.15. The van der Waals surface area contributed by atoms with Crippen LogP contribution >= 0.6 is 0 Å². The zero-order valence-electron chi connectivity index (χ0n) is 12.3. The lowest BCUT2D eigenvalue weighted by atomic mass is 10.2. The van der Waals surface area contributed by atoms with Crippen LogP contribution in [0.2, 0.25) is 0 Å². The van der Waals surface area contributed by atoms with Gasteiger partial charge in [0.1, 0.15) is 5.52 Å². The van der Waals surface area contributed by atoms with Crippen LogP contribution in [0.25, 0.3) is 21.9 Å².